The van der Waals surface area contributed by atoms with E-state index in [9.17, 15) is 9.90 Å². The highest BCUT2D eigenvalue weighted by atomic mass is 16.3. The molecule has 1 aromatic heterocycles. The van der Waals surface area contributed by atoms with Gasteiger partial charge in [-0.1, -0.05) is 44.5 Å². The zero-order valence-electron chi connectivity index (χ0n) is 13.0. The molecule has 0 aliphatic rings. The van der Waals surface area contributed by atoms with Crippen LogP contribution in [-0.2, 0) is 4.79 Å². The van der Waals surface area contributed by atoms with Crippen LogP contribution in [-0.4, -0.2) is 28.6 Å². The fraction of sp³-hybridized carbons (Fsp3) is 0.333. The van der Waals surface area contributed by atoms with E-state index in [4.69, 9.17) is 0 Å². The first kappa shape index (κ1) is 16.2. The van der Waals surface area contributed by atoms with Crippen molar-refractivity contribution < 1.29 is 9.90 Å². The number of rotatable bonds is 6. The number of para-hydroxylation sites is 1. The van der Waals surface area contributed by atoms with Crippen molar-refractivity contribution >= 4 is 22.9 Å². The average Bonchev–Trinajstić information content (AvgIpc) is 2.56. The van der Waals surface area contributed by atoms with E-state index in [0.29, 0.717) is 0 Å². The minimum absolute atomic E-state index is 0.173. The molecule has 0 saturated heterocycles. The number of aromatic nitrogens is 1. The number of aliphatic hydroxyl groups is 1. The van der Waals surface area contributed by atoms with Crippen LogP contribution in [0, 0.1) is 5.92 Å². The van der Waals surface area contributed by atoms with E-state index in [0.717, 1.165) is 22.9 Å². The van der Waals surface area contributed by atoms with Crippen LogP contribution in [0.1, 0.15) is 25.8 Å². The van der Waals surface area contributed by atoms with Gasteiger partial charge in [-0.2, -0.15) is 0 Å². The molecule has 1 aromatic carbocycles. The lowest BCUT2D eigenvalue weighted by molar-refractivity contribution is -0.117. The quantitative estimate of drug-likeness (QED) is 0.806. The third-order valence-electron chi connectivity index (χ3n) is 3.86. The summed E-state index contributed by atoms with van der Waals surface area (Å²) in [5, 5.41) is 13.6. The monoisotopic (exact) mass is 298 g/mol. The van der Waals surface area contributed by atoms with Gasteiger partial charge >= 0.3 is 0 Å². The molecule has 0 saturated carbocycles. The van der Waals surface area contributed by atoms with Crippen molar-refractivity contribution in [2.45, 2.75) is 26.4 Å². The van der Waals surface area contributed by atoms with Gasteiger partial charge in [0.2, 0.25) is 5.91 Å². The Morgan fingerprint density at radius 2 is 2.14 bits per heavy atom. The van der Waals surface area contributed by atoms with Crippen LogP contribution in [0.3, 0.4) is 0 Å². The first-order chi connectivity index (χ1) is 10.6. The Labute approximate surface area is 130 Å². The molecule has 0 bridgehead atoms. The molecule has 2 N–H and O–H groups in total. The van der Waals surface area contributed by atoms with Crippen LogP contribution in [0.25, 0.3) is 17.0 Å². The van der Waals surface area contributed by atoms with Gasteiger partial charge in [-0.05, 0) is 18.1 Å². The summed E-state index contributed by atoms with van der Waals surface area (Å²) in [6.45, 7) is 4.25. The second kappa shape index (κ2) is 7.71. The van der Waals surface area contributed by atoms with Crippen molar-refractivity contribution in [2.24, 2.45) is 5.92 Å². The Morgan fingerprint density at radius 1 is 1.36 bits per heavy atom. The molecule has 0 spiro atoms. The van der Waals surface area contributed by atoms with E-state index >= 15 is 0 Å². The summed E-state index contributed by atoms with van der Waals surface area (Å²) in [5.74, 6) is -0.0400. The van der Waals surface area contributed by atoms with Crippen LogP contribution >= 0.6 is 0 Å². The minimum atomic E-state index is -0.512. The molecule has 22 heavy (non-hydrogen) atoms. The fourth-order valence-corrected chi connectivity index (χ4v) is 2.17. The van der Waals surface area contributed by atoms with Crippen molar-refractivity contribution in [3.8, 4) is 0 Å². The topological polar surface area (TPSA) is 62.2 Å². The smallest absolute Gasteiger partial charge is 0.244 e. The lowest BCUT2D eigenvalue weighted by Gasteiger charge is -2.16. The standard InChI is InChI=1S/C18H22N2O2/c1-3-13(2)16(21)12-20-17(22)10-9-15-7-4-6-14-8-5-11-19-18(14)15/h4-11,13,16,21H,3,12H2,1-2H3,(H,20,22)/b10-9+. The lowest BCUT2D eigenvalue weighted by atomic mass is 10.0. The number of carbonyl (C=O) groups excluding carboxylic acids is 1. The summed E-state index contributed by atoms with van der Waals surface area (Å²) in [6.07, 6.45) is 5.34. The van der Waals surface area contributed by atoms with Gasteiger partial charge in [0.1, 0.15) is 0 Å². The Morgan fingerprint density at radius 3 is 2.91 bits per heavy atom. The van der Waals surface area contributed by atoms with E-state index < -0.39 is 6.10 Å². The van der Waals surface area contributed by atoms with E-state index in [1.165, 1.54) is 6.08 Å². The van der Waals surface area contributed by atoms with Gasteiger partial charge in [0.05, 0.1) is 11.6 Å². The highest BCUT2D eigenvalue weighted by Crippen LogP contribution is 2.16. The second-order valence-corrected chi connectivity index (χ2v) is 5.45. The van der Waals surface area contributed by atoms with Crippen LogP contribution in [0.4, 0.5) is 0 Å². The Bertz CT molecular complexity index is 662. The first-order valence-electron chi connectivity index (χ1n) is 7.59. The molecule has 116 valence electrons. The minimum Gasteiger partial charge on any atom is -0.391 e. The van der Waals surface area contributed by atoms with E-state index in [-0.39, 0.29) is 18.4 Å². The summed E-state index contributed by atoms with van der Waals surface area (Å²) in [6, 6.07) is 9.73. The molecule has 2 rings (SSSR count). The summed E-state index contributed by atoms with van der Waals surface area (Å²) in [7, 11) is 0. The maximum absolute atomic E-state index is 11.8. The molecule has 2 unspecified atom stereocenters. The second-order valence-electron chi connectivity index (χ2n) is 5.45. The maximum Gasteiger partial charge on any atom is 0.244 e. The summed E-state index contributed by atoms with van der Waals surface area (Å²) in [5.41, 5.74) is 1.77. The number of hydrogen-bond donors (Lipinski definition) is 2. The molecule has 0 aliphatic carbocycles. The number of hydrogen-bond acceptors (Lipinski definition) is 3. The molecule has 2 aromatic rings. The van der Waals surface area contributed by atoms with Crippen LogP contribution < -0.4 is 5.32 Å². The number of amides is 1. The third-order valence-corrected chi connectivity index (χ3v) is 3.86. The number of aliphatic hydroxyl groups excluding tert-OH is 1. The number of carbonyl (C=O) groups is 1. The van der Waals surface area contributed by atoms with E-state index in [1.807, 2.05) is 44.2 Å². The van der Waals surface area contributed by atoms with Gasteiger partial charge < -0.3 is 10.4 Å². The summed E-state index contributed by atoms with van der Waals surface area (Å²) < 4.78 is 0. The van der Waals surface area contributed by atoms with Gasteiger partial charge in [-0.25, -0.2) is 0 Å². The normalized spacial score (nSPS) is 14.1. The van der Waals surface area contributed by atoms with Crippen molar-refractivity contribution in [3.63, 3.8) is 0 Å². The van der Waals surface area contributed by atoms with Gasteiger partial charge in [-0.3, -0.25) is 9.78 Å². The highest BCUT2D eigenvalue weighted by molar-refractivity contribution is 5.95. The largest absolute Gasteiger partial charge is 0.391 e. The molecule has 0 radical (unpaired) electrons. The average molecular weight is 298 g/mol. The number of nitrogens with one attached hydrogen (secondary N) is 1. The summed E-state index contributed by atoms with van der Waals surface area (Å²) >= 11 is 0. The van der Waals surface area contributed by atoms with Crippen LogP contribution in [0.5, 0.6) is 0 Å². The molecule has 4 heteroatoms. The fourth-order valence-electron chi connectivity index (χ4n) is 2.17. The molecule has 0 aliphatic heterocycles. The molecule has 1 amide bonds. The zero-order chi connectivity index (χ0) is 15.9. The Hall–Kier alpha value is -2.20. The van der Waals surface area contributed by atoms with E-state index in [1.54, 1.807) is 12.3 Å². The third kappa shape index (κ3) is 4.15. The number of benzene rings is 1. The molecular formula is C18H22N2O2. The SMILES string of the molecule is CCC(C)C(O)CNC(=O)/C=C/c1cccc2cccnc12. The van der Waals surface area contributed by atoms with Crippen molar-refractivity contribution in [1.29, 1.82) is 0 Å². The lowest BCUT2D eigenvalue weighted by Crippen LogP contribution is -2.34. The van der Waals surface area contributed by atoms with Crippen molar-refractivity contribution in [1.82, 2.24) is 10.3 Å². The predicted molar refractivity (Wildman–Crippen MR) is 89.2 cm³/mol. The Balaban J connectivity index is 2.00. The van der Waals surface area contributed by atoms with Crippen molar-refractivity contribution in [2.75, 3.05) is 6.54 Å². The zero-order valence-corrected chi connectivity index (χ0v) is 13.0. The maximum atomic E-state index is 11.8. The first-order valence-corrected chi connectivity index (χ1v) is 7.59. The van der Waals surface area contributed by atoms with Gasteiger partial charge in [0.15, 0.2) is 0 Å². The van der Waals surface area contributed by atoms with Gasteiger partial charge in [-0.15, -0.1) is 0 Å². The molecular weight excluding hydrogens is 276 g/mol. The number of fused-ring (bicyclic) bond motifs is 1. The van der Waals surface area contributed by atoms with Crippen molar-refractivity contribution in [3.05, 3.63) is 48.2 Å². The summed E-state index contributed by atoms with van der Waals surface area (Å²) in [4.78, 5) is 16.2. The van der Waals surface area contributed by atoms with Crippen LogP contribution in [0.15, 0.2) is 42.6 Å². The number of pyridine rings is 1. The number of nitrogens with zero attached hydrogens (tertiary/aromatic N) is 1. The van der Waals surface area contributed by atoms with Gasteiger partial charge in [0.25, 0.3) is 0 Å². The highest BCUT2D eigenvalue weighted by Gasteiger charge is 2.12. The molecule has 1 heterocycles. The molecule has 4 nitrogen and oxygen atoms in total. The van der Waals surface area contributed by atoms with E-state index in [2.05, 4.69) is 10.3 Å². The predicted octanol–water partition coefficient (Wildman–Crippen LogP) is 2.77. The molecule has 2 atom stereocenters. The van der Waals surface area contributed by atoms with Crippen LogP contribution in [0.2, 0.25) is 0 Å². The van der Waals surface area contributed by atoms with Gasteiger partial charge in [0, 0.05) is 29.8 Å². The molecule has 0 fully saturated rings. The Kier molecular flexibility index (Phi) is 5.67.